The van der Waals surface area contributed by atoms with Crippen LogP contribution in [-0.4, -0.2) is 36.1 Å². The van der Waals surface area contributed by atoms with E-state index in [1.807, 2.05) is 16.9 Å². The van der Waals surface area contributed by atoms with Crippen molar-refractivity contribution in [1.29, 1.82) is 0 Å². The van der Waals surface area contributed by atoms with Gasteiger partial charge in [-0.1, -0.05) is 13.8 Å². The van der Waals surface area contributed by atoms with Crippen LogP contribution in [0.1, 0.15) is 38.4 Å². The summed E-state index contributed by atoms with van der Waals surface area (Å²) in [5, 5.41) is 4.43. The third-order valence-corrected chi connectivity index (χ3v) is 3.03. The fraction of sp³-hybridized carbons (Fsp3) is 0.692. The summed E-state index contributed by atoms with van der Waals surface area (Å²) >= 11 is 0. The zero-order chi connectivity index (χ0) is 13.5. The molecule has 1 aromatic rings. The van der Waals surface area contributed by atoms with E-state index >= 15 is 0 Å². The summed E-state index contributed by atoms with van der Waals surface area (Å²) in [5.41, 5.74) is 0.756. The third kappa shape index (κ3) is 3.65. The minimum Gasteiger partial charge on any atom is -0.349 e. The molecule has 1 rings (SSSR count). The molecular weight excluding hydrogens is 232 g/mol. The third-order valence-electron chi connectivity index (χ3n) is 3.03. The lowest BCUT2D eigenvalue weighted by Gasteiger charge is -2.13. The van der Waals surface area contributed by atoms with Crippen molar-refractivity contribution in [3.8, 4) is 0 Å². The number of rotatable bonds is 8. The van der Waals surface area contributed by atoms with Crippen LogP contribution in [0.2, 0.25) is 0 Å². The number of ether oxygens (including phenoxy) is 2. The molecule has 102 valence electrons. The summed E-state index contributed by atoms with van der Waals surface area (Å²) < 4.78 is 11.8. The van der Waals surface area contributed by atoms with Crippen LogP contribution in [0.4, 0.5) is 0 Å². The molecule has 0 amide bonds. The molecule has 0 atom stereocenters. The first-order valence-electron chi connectivity index (χ1n) is 6.28. The largest absolute Gasteiger partial charge is 0.349 e. The van der Waals surface area contributed by atoms with Crippen molar-refractivity contribution in [3.63, 3.8) is 0 Å². The Morgan fingerprint density at radius 2 is 1.94 bits per heavy atom. The summed E-state index contributed by atoms with van der Waals surface area (Å²) in [6.45, 7) is 4.26. The van der Waals surface area contributed by atoms with Gasteiger partial charge in [-0.2, -0.15) is 5.10 Å². The van der Waals surface area contributed by atoms with E-state index in [0.29, 0.717) is 6.04 Å². The fourth-order valence-corrected chi connectivity index (χ4v) is 1.96. The summed E-state index contributed by atoms with van der Waals surface area (Å²) in [6.07, 6.45) is 3.42. The Kier molecular flexibility index (Phi) is 6.01. The van der Waals surface area contributed by atoms with Gasteiger partial charge in [0.15, 0.2) is 5.78 Å². The SMILES string of the molecule is CCC(CC)n1ccc(CC(=O)C(OC)OC)n1. The van der Waals surface area contributed by atoms with Crippen molar-refractivity contribution in [2.45, 2.75) is 45.4 Å². The molecule has 0 bridgehead atoms. The molecule has 1 aromatic heterocycles. The van der Waals surface area contributed by atoms with E-state index in [0.717, 1.165) is 18.5 Å². The zero-order valence-electron chi connectivity index (χ0n) is 11.5. The van der Waals surface area contributed by atoms with Gasteiger partial charge in [-0.25, -0.2) is 0 Å². The van der Waals surface area contributed by atoms with E-state index < -0.39 is 6.29 Å². The number of nitrogens with zero attached hydrogens (tertiary/aromatic N) is 2. The molecule has 0 saturated carbocycles. The highest BCUT2D eigenvalue weighted by Crippen LogP contribution is 2.15. The highest BCUT2D eigenvalue weighted by Gasteiger charge is 2.18. The number of Topliss-reactive ketones (excluding diaryl/α,β-unsaturated/α-hetero) is 1. The van der Waals surface area contributed by atoms with Gasteiger partial charge >= 0.3 is 0 Å². The molecular formula is C13H22N2O3. The second kappa shape index (κ2) is 7.28. The van der Waals surface area contributed by atoms with Crippen LogP contribution in [0.25, 0.3) is 0 Å². The molecule has 0 unspecified atom stereocenters. The van der Waals surface area contributed by atoms with Gasteiger partial charge < -0.3 is 9.47 Å². The van der Waals surface area contributed by atoms with Crippen molar-refractivity contribution in [2.24, 2.45) is 0 Å². The number of hydrogen-bond donors (Lipinski definition) is 0. The first-order chi connectivity index (χ1) is 8.65. The number of carbonyl (C=O) groups is 1. The zero-order valence-corrected chi connectivity index (χ0v) is 11.5. The first-order valence-corrected chi connectivity index (χ1v) is 6.28. The van der Waals surface area contributed by atoms with E-state index in [1.165, 1.54) is 14.2 Å². The maximum Gasteiger partial charge on any atom is 0.217 e. The summed E-state index contributed by atoms with van der Waals surface area (Å²) in [6, 6.07) is 2.27. The molecule has 5 heteroatoms. The molecule has 1 heterocycles. The topological polar surface area (TPSA) is 53.4 Å². The van der Waals surface area contributed by atoms with Gasteiger partial charge in [-0.05, 0) is 18.9 Å². The van der Waals surface area contributed by atoms with E-state index in [1.54, 1.807) is 0 Å². The average molecular weight is 254 g/mol. The molecule has 0 fully saturated rings. The molecule has 0 N–H and O–H groups in total. The molecule has 0 aliphatic rings. The lowest BCUT2D eigenvalue weighted by atomic mass is 10.2. The molecule has 0 aliphatic carbocycles. The Morgan fingerprint density at radius 1 is 1.33 bits per heavy atom. The summed E-state index contributed by atoms with van der Waals surface area (Å²) in [4.78, 5) is 11.8. The van der Waals surface area contributed by atoms with E-state index in [-0.39, 0.29) is 12.2 Å². The predicted molar refractivity (Wildman–Crippen MR) is 68.4 cm³/mol. The Morgan fingerprint density at radius 3 is 2.44 bits per heavy atom. The standard InChI is InChI=1S/C13H22N2O3/c1-5-11(6-2)15-8-7-10(14-15)9-12(16)13(17-3)18-4/h7-8,11,13H,5-6,9H2,1-4H3. The number of ketones is 1. The fourth-order valence-electron chi connectivity index (χ4n) is 1.96. The number of carbonyl (C=O) groups excluding carboxylic acids is 1. The maximum absolute atomic E-state index is 11.8. The highest BCUT2D eigenvalue weighted by atomic mass is 16.7. The van der Waals surface area contributed by atoms with Gasteiger partial charge in [0, 0.05) is 20.4 Å². The maximum atomic E-state index is 11.8. The lowest BCUT2D eigenvalue weighted by molar-refractivity contribution is -0.156. The summed E-state index contributed by atoms with van der Waals surface area (Å²) in [7, 11) is 2.91. The minimum absolute atomic E-state index is 0.116. The van der Waals surface area contributed by atoms with Crippen molar-refractivity contribution in [2.75, 3.05) is 14.2 Å². The van der Waals surface area contributed by atoms with Gasteiger partial charge in [0.1, 0.15) is 0 Å². The molecule has 18 heavy (non-hydrogen) atoms. The van der Waals surface area contributed by atoms with Crippen molar-refractivity contribution in [3.05, 3.63) is 18.0 Å². The van der Waals surface area contributed by atoms with Crippen LogP contribution >= 0.6 is 0 Å². The van der Waals surface area contributed by atoms with Crippen molar-refractivity contribution < 1.29 is 14.3 Å². The predicted octanol–water partition coefficient (Wildman–Crippen LogP) is 1.97. The number of aromatic nitrogens is 2. The van der Waals surface area contributed by atoms with Crippen molar-refractivity contribution >= 4 is 5.78 Å². The average Bonchev–Trinajstić information content (AvgIpc) is 2.81. The molecule has 5 nitrogen and oxygen atoms in total. The second-order valence-corrected chi connectivity index (χ2v) is 4.20. The van der Waals surface area contributed by atoms with E-state index in [4.69, 9.17) is 9.47 Å². The van der Waals surface area contributed by atoms with Crippen molar-refractivity contribution in [1.82, 2.24) is 9.78 Å². The van der Waals surface area contributed by atoms with Gasteiger partial charge in [0.05, 0.1) is 18.2 Å². The summed E-state index contributed by atoms with van der Waals surface area (Å²) in [5.74, 6) is -0.116. The van der Waals surface area contributed by atoms with Crippen LogP contribution < -0.4 is 0 Å². The lowest BCUT2D eigenvalue weighted by Crippen LogP contribution is -2.26. The van der Waals surface area contributed by atoms with Crippen LogP contribution in [0.15, 0.2) is 12.3 Å². The molecule has 0 spiro atoms. The second-order valence-electron chi connectivity index (χ2n) is 4.20. The van der Waals surface area contributed by atoms with Crippen LogP contribution in [0, 0.1) is 0 Å². The Bertz CT molecular complexity index is 368. The molecule has 0 radical (unpaired) electrons. The first kappa shape index (κ1) is 14.9. The number of methoxy groups -OCH3 is 2. The monoisotopic (exact) mass is 254 g/mol. The highest BCUT2D eigenvalue weighted by molar-refractivity contribution is 5.83. The van der Waals surface area contributed by atoms with Crippen LogP contribution in [0.5, 0.6) is 0 Å². The van der Waals surface area contributed by atoms with E-state index in [2.05, 4.69) is 18.9 Å². The Labute approximate surface area is 108 Å². The van der Waals surface area contributed by atoms with Crippen LogP contribution in [0.3, 0.4) is 0 Å². The van der Waals surface area contributed by atoms with E-state index in [9.17, 15) is 4.79 Å². The minimum atomic E-state index is -0.803. The number of hydrogen-bond acceptors (Lipinski definition) is 4. The molecule has 0 aromatic carbocycles. The normalized spacial score (nSPS) is 11.4. The Balaban J connectivity index is 2.66. The molecule has 0 saturated heterocycles. The Hall–Kier alpha value is -1.20. The van der Waals surface area contributed by atoms with Gasteiger partial charge in [0.25, 0.3) is 0 Å². The van der Waals surface area contributed by atoms with Gasteiger partial charge in [0.2, 0.25) is 6.29 Å². The smallest absolute Gasteiger partial charge is 0.217 e. The quantitative estimate of drug-likeness (QED) is 0.666. The van der Waals surface area contributed by atoms with Gasteiger partial charge in [-0.3, -0.25) is 9.48 Å². The van der Waals surface area contributed by atoms with Crippen LogP contribution in [-0.2, 0) is 20.7 Å². The molecule has 0 aliphatic heterocycles. The van der Waals surface area contributed by atoms with Gasteiger partial charge in [-0.15, -0.1) is 0 Å².